The Bertz CT molecular complexity index is 822. The third-order valence-electron chi connectivity index (χ3n) is 5.10. The second-order valence-electron chi connectivity index (χ2n) is 7.16. The molecule has 31 heavy (non-hydrogen) atoms. The van der Waals surface area contributed by atoms with Gasteiger partial charge in [0.2, 0.25) is 0 Å². The lowest BCUT2D eigenvalue weighted by Crippen LogP contribution is -2.44. The summed E-state index contributed by atoms with van der Waals surface area (Å²) in [7, 11) is 1.97. The fourth-order valence-corrected chi connectivity index (χ4v) is 3.19. The van der Waals surface area contributed by atoms with Gasteiger partial charge in [0.1, 0.15) is 11.6 Å². The normalized spacial score (nSPS) is 14.7. The van der Waals surface area contributed by atoms with E-state index in [1.807, 2.05) is 49.7 Å². The first-order chi connectivity index (χ1) is 14.7. The number of morpholine rings is 1. The average molecular weight is 543 g/mol. The van der Waals surface area contributed by atoms with Gasteiger partial charge in [-0.25, -0.2) is 4.99 Å². The van der Waals surface area contributed by atoms with Crippen LogP contribution >= 0.6 is 24.0 Å². The molecule has 0 saturated carbocycles. The van der Waals surface area contributed by atoms with Crippen molar-refractivity contribution in [2.24, 2.45) is 12.0 Å². The maximum atomic E-state index is 5.73. The van der Waals surface area contributed by atoms with Crippen molar-refractivity contribution < 1.29 is 9.47 Å². The van der Waals surface area contributed by atoms with Crippen LogP contribution in [0.5, 0.6) is 5.75 Å². The number of hydrogen-bond donors (Lipinski definition) is 2. The molecule has 0 atom stereocenters. The number of aryl methyl sites for hydroxylation is 1. The van der Waals surface area contributed by atoms with Gasteiger partial charge < -0.3 is 24.7 Å². The summed E-state index contributed by atoms with van der Waals surface area (Å²) in [6.07, 6.45) is 0. The van der Waals surface area contributed by atoms with E-state index in [0.717, 1.165) is 68.3 Å². The largest absolute Gasteiger partial charge is 0.494 e. The molecule has 1 aliphatic rings. The number of guanidine groups is 1. The highest BCUT2D eigenvalue weighted by Crippen LogP contribution is 2.18. The van der Waals surface area contributed by atoms with Crippen molar-refractivity contribution in [2.75, 3.05) is 46.0 Å². The second-order valence-corrected chi connectivity index (χ2v) is 7.16. The summed E-state index contributed by atoms with van der Waals surface area (Å²) in [4.78, 5) is 7.18. The molecule has 2 N–H and O–H groups in total. The van der Waals surface area contributed by atoms with Crippen molar-refractivity contribution in [3.63, 3.8) is 0 Å². The van der Waals surface area contributed by atoms with Crippen molar-refractivity contribution in [3.8, 4) is 5.75 Å². The van der Waals surface area contributed by atoms with Crippen LogP contribution in [0.1, 0.15) is 24.1 Å². The van der Waals surface area contributed by atoms with E-state index in [-0.39, 0.29) is 24.0 Å². The van der Waals surface area contributed by atoms with Crippen LogP contribution in [0.15, 0.2) is 29.3 Å². The molecule has 2 aromatic rings. The van der Waals surface area contributed by atoms with Gasteiger partial charge in [0, 0.05) is 38.8 Å². The lowest BCUT2D eigenvalue weighted by atomic mass is 10.2. The molecule has 0 spiro atoms. The molecule has 2 heterocycles. The Morgan fingerprint density at radius 3 is 2.68 bits per heavy atom. The third kappa shape index (κ3) is 7.93. The fraction of sp³-hybridized carbons (Fsp3) is 0.571. The van der Waals surface area contributed by atoms with Crippen LogP contribution in [-0.2, 0) is 24.9 Å². The molecule has 1 aromatic heterocycles. The zero-order valence-corrected chi connectivity index (χ0v) is 21.0. The highest BCUT2D eigenvalue weighted by Gasteiger charge is 2.11. The van der Waals surface area contributed by atoms with E-state index < -0.39 is 0 Å². The van der Waals surface area contributed by atoms with Gasteiger partial charge in [-0.15, -0.1) is 34.2 Å². The zero-order chi connectivity index (χ0) is 21.2. The molecule has 1 aliphatic heterocycles. The molecule has 1 fully saturated rings. The van der Waals surface area contributed by atoms with Gasteiger partial charge in [-0.3, -0.25) is 4.90 Å². The fourth-order valence-electron chi connectivity index (χ4n) is 3.19. The zero-order valence-electron chi connectivity index (χ0n) is 18.6. The van der Waals surface area contributed by atoms with Crippen LogP contribution in [0.25, 0.3) is 0 Å². The minimum Gasteiger partial charge on any atom is -0.494 e. The van der Waals surface area contributed by atoms with Crippen LogP contribution < -0.4 is 15.4 Å². The van der Waals surface area contributed by atoms with Crippen LogP contribution in [-0.4, -0.2) is 71.6 Å². The molecule has 0 unspecified atom stereocenters. The molecule has 9 nitrogen and oxygen atoms in total. The standard InChI is InChI=1S/C21H33N7O2.HI/c1-4-30-19-8-6-5-7-18(19)15-23-21(22-9-10-28-11-13-29-14-12-28)24-16-20-26-25-17(2)27(20)3;/h5-8H,4,9-16H2,1-3H3,(H2,22,23,24);1H. The summed E-state index contributed by atoms with van der Waals surface area (Å²) in [5, 5.41) is 15.2. The molecule has 0 aliphatic carbocycles. The Balaban J connectivity index is 0.00000341. The number of nitrogens with one attached hydrogen (secondary N) is 2. The third-order valence-corrected chi connectivity index (χ3v) is 5.10. The average Bonchev–Trinajstić information content (AvgIpc) is 3.09. The Morgan fingerprint density at radius 1 is 1.19 bits per heavy atom. The number of nitrogens with zero attached hydrogens (tertiary/aromatic N) is 5. The first-order valence-corrected chi connectivity index (χ1v) is 10.5. The minimum absolute atomic E-state index is 0. The number of aromatic nitrogens is 3. The number of para-hydroxylation sites is 1. The number of aliphatic imine (C=N–C) groups is 1. The van der Waals surface area contributed by atoms with E-state index in [4.69, 9.17) is 14.5 Å². The number of halogens is 1. The summed E-state index contributed by atoms with van der Waals surface area (Å²) in [5.41, 5.74) is 1.06. The molecule has 10 heteroatoms. The highest BCUT2D eigenvalue weighted by atomic mass is 127. The smallest absolute Gasteiger partial charge is 0.192 e. The quantitative estimate of drug-likeness (QED) is 0.283. The van der Waals surface area contributed by atoms with Gasteiger partial charge in [-0.1, -0.05) is 18.2 Å². The summed E-state index contributed by atoms with van der Waals surface area (Å²) in [6.45, 7) is 10.9. The maximum Gasteiger partial charge on any atom is 0.192 e. The van der Waals surface area contributed by atoms with Gasteiger partial charge >= 0.3 is 0 Å². The van der Waals surface area contributed by atoms with Gasteiger partial charge in [0.15, 0.2) is 11.8 Å². The van der Waals surface area contributed by atoms with E-state index in [0.29, 0.717) is 19.7 Å². The Hall–Kier alpha value is -1.92. The number of hydrogen-bond acceptors (Lipinski definition) is 6. The topological polar surface area (TPSA) is 88.8 Å². The molecule has 3 rings (SSSR count). The van der Waals surface area contributed by atoms with Crippen LogP contribution in [0, 0.1) is 6.92 Å². The lowest BCUT2D eigenvalue weighted by Gasteiger charge is -2.26. The summed E-state index contributed by atoms with van der Waals surface area (Å²) in [6, 6.07) is 8.02. The Labute approximate surface area is 201 Å². The predicted octanol–water partition coefficient (Wildman–Crippen LogP) is 1.71. The number of benzene rings is 1. The van der Waals surface area contributed by atoms with Gasteiger partial charge in [0.25, 0.3) is 0 Å². The molecule has 0 radical (unpaired) electrons. The van der Waals surface area contributed by atoms with E-state index in [1.165, 1.54) is 0 Å². The molecular formula is C21H34IN7O2. The van der Waals surface area contributed by atoms with Crippen molar-refractivity contribution in [2.45, 2.75) is 26.9 Å². The molecule has 172 valence electrons. The van der Waals surface area contributed by atoms with Crippen LogP contribution in [0.4, 0.5) is 0 Å². The number of ether oxygens (including phenoxy) is 2. The Morgan fingerprint density at radius 2 is 1.97 bits per heavy atom. The molecule has 1 aromatic carbocycles. The minimum atomic E-state index is 0. The number of rotatable bonds is 9. The van der Waals surface area contributed by atoms with Crippen molar-refractivity contribution in [1.82, 2.24) is 30.3 Å². The molecule has 0 amide bonds. The highest BCUT2D eigenvalue weighted by molar-refractivity contribution is 14.0. The van der Waals surface area contributed by atoms with Crippen molar-refractivity contribution in [1.29, 1.82) is 0 Å². The second kappa shape index (κ2) is 13.5. The SMILES string of the molecule is CCOc1ccccc1CN=C(NCCN1CCOCC1)NCc1nnc(C)n1C.I. The van der Waals surface area contributed by atoms with Crippen LogP contribution in [0.3, 0.4) is 0 Å². The first-order valence-electron chi connectivity index (χ1n) is 10.5. The summed E-state index contributed by atoms with van der Waals surface area (Å²) < 4.78 is 13.1. The van der Waals surface area contributed by atoms with Gasteiger partial charge in [0.05, 0.1) is 32.9 Å². The maximum absolute atomic E-state index is 5.73. The van der Waals surface area contributed by atoms with Gasteiger partial charge in [-0.2, -0.15) is 0 Å². The van der Waals surface area contributed by atoms with E-state index in [1.54, 1.807) is 0 Å². The molecule has 1 saturated heterocycles. The van der Waals surface area contributed by atoms with Crippen LogP contribution in [0.2, 0.25) is 0 Å². The van der Waals surface area contributed by atoms with E-state index >= 15 is 0 Å². The first kappa shape index (κ1) is 25.3. The van der Waals surface area contributed by atoms with Crippen molar-refractivity contribution in [3.05, 3.63) is 41.5 Å². The summed E-state index contributed by atoms with van der Waals surface area (Å²) in [5.74, 6) is 3.37. The molecule has 0 bridgehead atoms. The van der Waals surface area contributed by atoms with E-state index in [2.05, 4.69) is 25.7 Å². The summed E-state index contributed by atoms with van der Waals surface area (Å²) >= 11 is 0. The lowest BCUT2D eigenvalue weighted by molar-refractivity contribution is 0.0389. The monoisotopic (exact) mass is 543 g/mol. The predicted molar refractivity (Wildman–Crippen MR) is 132 cm³/mol. The Kier molecular flexibility index (Phi) is 11.0. The molecular weight excluding hydrogens is 509 g/mol. The van der Waals surface area contributed by atoms with Gasteiger partial charge in [-0.05, 0) is 19.9 Å². The van der Waals surface area contributed by atoms with Crippen molar-refractivity contribution >= 4 is 29.9 Å². The van der Waals surface area contributed by atoms with E-state index in [9.17, 15) is 0 Å².